The molecule has 0 saturated heterocycles. The quantitative estimate of drug-likeness (QED) is 0.338. The lowest BCUT2D eigenvalue weighted by molar-refractivity contribution is 0.106. The number of benzene rings is 1. The third-order valence-electron chi connectivity index (χ3n) is 2.96. The Hall–Kier alpha value is -1.46. The highest BCUT2D eigenvalue weighted by molar-refractivity contribution is 6.55. The van der Waals surface area contributed by atoms with Crippen LogP contribution in [-0.2, 0) is 11.3 Å². The topological polar surface area (TPSA) is 40.0 Å². The van der Waals surface area contributed by atoms with E-state index in [1.165, 1.54) is 6.08 Å². The van der Waals surface area contributed by atoms with Gasteiger partial charge in [-0.25, -0.2) is 4.39 Å². The van der Waals surface area contributed by atoms with Crippen molar-refractivity contribution < 1.29 is 18.7 Å². The Morgan fingerprint density at radius 2 is 1.96 bits per heavy atom. The molecule has 24 heavy (non-hydrogen) atoms. The summed E-state index contributed by atoms with van der Waals surface area (Å²) in [5, 5.41) is 3.82. The van der Waals surface area contributed by atoms with Crippen LogP contribution in [0.15, 0.2) is 21.8 Å². The summed E-state index contributed by atoms with van der Waals surface area (Å²) in [5.74, 6) is 0.208. The monoisotopic (exact) mass is 377 g/mol. The third kappa shape index (κ3) is 6.57. The SMILES string of the molecule is CCc1c(F)c(OCC=C(Cl)Cl)cc(C)c1OCCON=C(C)C. The van der Waals surface area contributed by atoms with E-state index >= 15 is 0 Å². The van der Waals surface area contributed by atoms with Crippen molar-refractivity contribution in [2.75, 3.05) is 19.8 Å². The fourth-order valence-corrected chi connectivity index (χ4v) is 2.11. The minimum atomic E-state index is -0.444. The molecule has 134 valence electrons. The molecule has 0 N–H and O–H groups in total. The van der Waals surface area contributed by atoms with Gasteiger partial charge in [-0.05, 0) is 44.9 Å². The number of oxime groups is 1. The number of aryl methyl sites for hydroxylation is 1. The molecule has 0 saturated carbocycles. The van der Waals surface area contributed by atoms with Crippen molar-refractivity contribution in [3.63, 3.8) is 0 Å². The van der Waals surface area contributed by atoms with Gasteiger partial charge in [-0.1, -0.05) is 35.3 Å². The third-order valence-corrected chi connectivity index (χ3v) is 3.27. The Kier molecular flexibility index (Phi) is 8.93. The maximum absolute atomic E-state index is 14.6. The molecule has 1 aromatic rings. The molecule has 0 aliphatic carbocycles. The first-order valence-electron chi connectivity index (χ1n) is 7.58. The molecule has 0 fully saturated rings. The predicted molar refractivity (Wildman–Crippen MR) is 96.0 cm³/mol. The fraction of sp³-hybridized carbons (Fsp3) is 0.471. The smallest absolute Gasteiger partial charge is 0.171 e. The van der Waals surface area contributed by atoms with E-state index in [1.54, 1.807) is 6.07 Å². The summed E-state index contributed by atoms with van der Waals surface area (Å²) in [6, 6.07) is 1.59. The van der Waals surface area contributed by atoms with Crippen molar-refractivity contribution >= 4 is 28.9 Å². The van der Waals surface area contributed by atoms with Gasteiger partial charge in [0.25, 0.3) is 0 Å². The van der Waals surface area contributed by atoms with Gasteiger partial charge < -0.3 is 14.3 Å². The van der Waals surface area contributed by atoms with Crippen LogP contribution in [0.2, 0.25) is 0 Å². The number of nitrogens with zero attached hydrogens (tertiary/aromatic N) is 1. The Morgan fingerprint density at radius 1 is 1.25 bits per heavy atom. The molecule has 0 heterocycles. The van der Waals surface area contributed by atoms with Gasteiger partial charge in [-0.15, -0.1) is 0 Å². The molecule has 0 radical (unpaired) electrons. The summed E-state index contributed by atoms with van der Waals surface area (Å²) in [7, 11) is 0. The van der Waals surface area contributed by atoms with Gasteiger partial charge in [0.15, 0.2) is 18.2 Å². The van der Waals surface area contributed by atoms with Crippen LogP contribution in [0.4, 0.5) is 4.39 Å². The molecule has 0 spiro atoms. The van der Waals surface area contributed by atoms with Gasteiger partial charge >= 0.3 is 0 Å². The molecule has 0 amide bonds. The largest absolute Gasteiger partial charge is 0.489 e. The fourth-order valence-electron chi connectivity index (χ4n) is 1.98. The van der Waals surface area contributed by atoms with Gasteiger partial charge in [-0.3, -0.25) is 0 Å². The Bertz CT molecular complexity index is 610. The second-order valence-corrected chi connectivity index (χ2v) is 6.20. The zero-order chi connectivity index (χ0) is 18.1. The molecule has 0 unspecified atom stereocenters. The lowest BCUT2D eigenvalue weighted by Gasteiger charge is -2.16. The van der Waals surface area contributed by atoms with Crippen LogP contribution < -0.4 is 9.47 Å². The van der Waals surface area contributed by atoms with Crippen molar-refractivity contribution in [1.29, 1.82) is 0 Å². The molecule has 0 aliphatic heterocycles. The number of rotatable bonds is 9. The highest BCUT2D eigenvalue weighted by Gasteiger charge is 2.17. The minimum absolute atomic E-state index is 0.0766. The summed E-state index contributed by atoms with van der Waals surface area (Å²) in [6.07, 6.45) is 1.92. The van der Waals surface area contributed by atoms with Crippen LogP contribution in [0.3, 0.4) is 0 Å². The summed E-state index contributed by atoms with van der Waals surface area (Å²) >= 11 is 11.0. The first-order chi connectivity index (χ1) is 11.4. The molecule has 0 atom stereocenters. The Labute approximate surface area is 152 Å². The molecule has 4 nitrogen and oxygen atoms in total. The highest BCUT2D eigenvalue weighted by atomic mass is 35.5. The first-order valence-corrected chi connectivity index (χ1v) is 8.34. The maximum atomic E-state index is 14.6. The average Bonchev–Trinajstić information content (AvgIpc) is 2.50. The van der Waals surface area contributed by atoms with Gasteiger partial charge in [-0.2, -0.15) is 0 Å². The van der Waals surface area contributed by atoms with Crippen molar-refractivity contribution in [3.05, 3.63) is 33.6 Å². The summed E-state index contributed by atoms with van der Waals surface area (Å²) in [5.41, 5.74) is 2.06. The molecule has 1 rings (SSSR count). The standard InChI is InChI=1S/C17H22Cl2FNO3/c1-5-13-16(20)14(22-7-6-15(18)19)10-12(4)17(13)23-8-9-24-21-11(2)3/h6,10H,5,7-9H2,1-4H3. The molecule has 7 heteroatoms. The van der Waals surface area contributed by atoms with Crippen LogP contribution >= 0.6 is 23.2 Å². The average molecular weight is 378 g/mol. The second-order valence-electron chi connectivity index (χ2n) is 5.19. The summed E-state index contributed by atoms with van der Waals surface area (Å²) in [4.78, 5) is 5.07. The van der Waals surface area contributed by atoms with E-state index in [9.17, 15) is 4.39 Å². The van der Waals surface area contributed by atoms with E-state index < -0.39 is 5.82 Å². The van der Waals surface area contributed by atoms with Gasteiger partial charge in [0.1, 0.15) is 23.5 Å². The Balaban J connectivity index is 2.84. The molecule has 0 aliphatic rings. The van der Waals surface area contributed by atoms with Crippen molar-refractivity contribution in [1.82, 2.24) is 0 Å². The summed E-state index contributed by atoms with van der Waals surface area (Å²) < 4.78 is 25.7. The van der Waals surface area contributed by atoms with E-state index in [4.69, 9.17) is 37.5 Å². The lowest BCUT2D eigenvalue weighted by atomic mass is 10.1. The van der Waals surface area contributed by atoms with E-state index in [1.807, 2.05) is 27.7 Å². The number of hydrogen-bond acceptors (Lipinski definition) is 4. The zero-order valence-corrected chi connectivity index (χ0v) is 15.8. The van der Waals surface area contributed by atoms with Crippen LogP contribution in [0.5, 0.6) is 11.5 Å². The predicted octanol–water partition coefficient (Wildman–Crippen LogP) is 5.19. The van der Waals surface area contributed by atoms with Gasteiger partial charge in [0, 0.05) is 5.56 Å². The zero-order valence-electron chi connectivity index (χ0n) is 14.3. The van der Waals surface area contributed by atoms with Crippen LogP contribution in [-0.4, -0.2) is 25.5 Å². The van der Waals surface area contributed by atoms with Crippen molar-refractivity contribution in [2.24, 2.45) is 5.16 Å². The Morgan fingerprint density at radius 3 is 2.54 bits per heavy atom. The van der Waals surface area contributed by atoms with Gasteiger partial charge in [0.05, 0.1) is 5.71 Å². The molecular formula is C17H22Cl2FNO3. The van der Waals surface area contributed by atoms with E-state index in [0.717, 1.165) is 11.3 Å². The lowest BCUT2D eigenvalue weighted by Crippen LogP contribution is -2.09. The van der Waals surface area contributed by atoms with E-state index in [-0.39, 0.29) is 30.1 Å². The summed E-state index contributed by atoms with van der Waals surface area (Å²) in [6.45, 7) is 8.00. The van der Waals surface area contributed by atoms with E-state index in [2.05, 4.69) is 5.16 Å². The number of ether oxygens (including phenoxy) is 2. The molecule has 0 bridgehead atoms. The van der Waals surface area contributed by atoms with Crippen molar-refractivity contribution in [2.45, 2.75) is 34.1 Å². The van der Waals surface area contributed by atoms with Crippen molar-refractivity contribution in [3.8, 4) is 11.5 Å². The minimum Gasteiger partial charge on any atom is -0.489 e. The number of hydrogen-bond donors (Lipinski definition) is 0. The highest BCUT2D eigenvalue weighted by Crippen LogP contribution is 2.33. The van der Waals surface area contributed by atoms with Crippen LogP contribution in [0.1, 0.15) is 31.9 Å². The normalized spacial score (nSPS) is 10.1. The van der Waals surface area contributed by atoms with Gasteiger partial charge in [0.2, 0.25) is 0 Å². The van der Waals surface area contributed by atoms with Crippen LogP contribution in [0, 0.1) is 12.7 Å². The van der Waals surface area contributed by atoms with E-state index in [0.29, 0.717) is 17.7 Å². The second kappa shape index (κ2) is 10.4. The maximum Gasteiger partial charge on any atom is 0.171 e. The molecule has 1 aromatic carbocycles. The first kappa shape index (κ1) is 20.6. The molecular weight excluding hydrogens is 356 g/mol. The molecule has 0 aromatic heterocycles. The number of halogens is 3. The van der Waals surface area contributed by atoms with Crippen LogP contribution in [0.25, 0.3) is 0 Å².